The molecule has 0 aliphatic heterocycles. The van der Waals surface area contributed by atoms with Gasteiger partial charge in [-0.1, -0.05) is 24.3 Å². The van der Waals surface area contributed by atoms with E-state index in [2.05, 4.69) is 0 Å². The number of carbonyl (C=O) groups excluding carboxylic acids is 1. The number of aryl methyl sites for hydroxylation is 1. The number of aromatic amines is 1. The molecule has 0 saturated heterocycles. The van der Waals surface area contributed by atoms with Crippen molar-refractivity contribution in [3.05, 3.63) is 72.5 Å². The van der Waals surface area contributed by atoms with Gasteiger partial charge in [0.2, 0.25) is 0 Å². The molecule has 0 fully saturated rings. The molecule has 1 N–H and O–H groups in total. The topological polar surface area (TPSA) is 115 Å². The van der Waals surface area contributed by atoms with Crippen LogP contribution < -0.4 is 11.2 Å². The Bertz CT molecular complexity index is 834. The lowest BCUT2D eigenvalue weighted by Gasteiger charge is -2.06. The van der Waals surface area contributed by atoms with Crippen LogP contribution >= 0.6 is 0 Å². The van der Waals surface area contributed by atoms with Crippen LogP contribution in [0.15, 0.2) is 40.1 Å². The molecule has 0 saturated carbocycles. The Morgan fingerprint density at radius 2 is 2.00 bits per heavy atom. The minimum atomic E-state index is -1.09. The van der Waals surface area contributed by atoms with Crippen LogP contribution in [-0.4, -0.2) is 20.3 Å². The van der Waals surface area contributed by atoms with Crippen LogP contribution in [0.5, 0.6) is 0 Å². The second-order valence-corrected chi connectivity index (χ2v) is 4.40. The van der Waals surface area contributed by atoms with Crippen LogP contribution in [0, 0.1) is 17.0 Å². The summed E-state index contributed by atoms with van der Waals surface area (Å²) in [7, 11) is 0. The van der Waals surface area contributed by atoms with Crippen molar-refractivity contribution in [3.8, 4) is 0 Å². The van der Waals surface area contributed by atoms with Gasteiger partial charge >= 0.3 is 16.9 Å². The largest absolute Gasteiger partial charge is 0.350 e. The molecule has 0 radical (unpaired) electrons. The number of H-pyrrole nitrogens is 1. The highest BCUT2D eigenvalue weighted by Gasteiger charge is 2.17. The predicted molar refractivity (Wildman–Crippen MR) is 73.5 cm³/mol. The van der Waals surface area contributed by atoms with Gasteiger partial charge in [0.05, 0.1) is 17.7 Å². The molecule has 0 aliphatic carbocycles. The highest BCUT2D eigenvalue weighted by Crippen LogP contribution is 2.09. The number of benzene rings is 1. The average Bonchev–Trinajstić information content (AvgIpc) is 2.41. The van der Waals surface area contributed by atoms with Crippen molar-refractivity contribution in [1.82, 2.24) is 9.55 Å². The number of rotatable bonds is 4. The fourth-order valence-corrected chi connectivity index (χ4v) is 1.87. The molecule has 0 bridgehead atoms. The Labute approximate surface area is 117 Å². The SMILES string of the molecule is Cc1ccccc1C(=O)Cn1cc([N+](=O)[O-])c(=O)[nH]c1=O. The number of ketones is 1. The number of carbonyl (C=O) groups is 1. The van der Waals surface area contributed by atoms with Crippen molar-refractivity contribution in [2.24, 2.45) is 0 Å². The zero-order valence-corrected chi connectivity index (χ0v) is 11.0. The van der Waals surface area contributed by atoms with E-state index in [1.54, 1.807) is 31.2 Å². The van der Waals surface area contributed by atoms with Gasteiger partial charge in [-0.15, -0.1) is 0 Å². The first-order valence-electron chi connectivity index (χ1n) is 5.97. The summed E-state index contributed by atoms with van der Waals surface area (Å²) in [4.78, 5) is 46.6. The number of aromatic nitrogens is 2. The Morgan fingerprint density at radius 1 is 1.33 bits per heavy atom. The Balaban J connectivity index is 2.41. The first kappa shape index (κ1) is 14.4. The summed E-state index contributed by atoms with van der Waals surface area (Å²) >= 11 is 0. The molecule has 8 heteroatoms. The average molecular weight is 289 g/mol. The molecule has 2 aromatic rings. The van der Waals surface area contributed by atoms with Crippen molar-refractivity contribution in [3.63, 3.8) is 0 Å². The van der Waals surface area contributed by atoms with Gasteiger partial charge in [-0.25, -0.2) is 4.79 Å². The van der Waals surface area contributed by atoms with Crippen molar-refractivity contribution in [1.29, 1.82) is 0 Å². The third kappa shape index (κ3) is 2.94. The van der Waals surface area contributed by atoms with Crippen LogP contribution in [0.25, 0.3) is 0 Å². The van der Waals surface area contributed by atoms with Gasteiger partial charge in [0.25, 0.3) is 0 Å². The molecular weight excluding hydrogens is 278 g/mol. The number of nitrogens with one attached hydrogen (secondary N) is 1. The lowest BCUT2D eigenvalue weighted by Crippen LogP contribution is -2.32. The van der Waals surface area contributed by atoms with Crippen molar-refractivity contribution in [2.45, 2.75) is 13.5 Å². The number of hydrogen-bond acceptors (Lipinski definition) is 5. The van der Waals surface area contributed by atoms with Crippen molar-refractivity contribution in [2.75, 3.05) is 0 Å². The minimum Gasteiger partial charge on any atom is -0.292 e. The van der Waals surface area contributed by atoms with Gasteiger partial charge in [0.15, 0.2) is 5.78 Å². The van der Waals surface area contributed by atoms with Gasteiger partial charge in [-0.3, -0.25) is 29.3 Å². The lowest BCUT2D eigenvalue weighted by atomic mass is 10.1. The summed E-state index contributed by atoms with van der Waals surface area (Å²) in [5.74, 6) is -0.378. The molecule has 21 heavy (non-hydrogen) atoms. The summed E-state index contributed by atoms with van der Waals surface area (Å²) in [5, 5.41) is 10.7. The molecule has 2 rings (SSSR count). The number of nitro groups is 1. The van der Waals surface area contributed by atoms with E-state index in [1.807, 2.05) is 4.98 Å². The zero-order valence-electron chi connectivity index (χ0n) is 11.0. The van der Waals surface area contributed by atoms with E-state index in [1.165, 1.54) is 0 Å². The summed E-state index contributed by atoms with van der Waals surface area (Å²) in [5.41, 5.74) is -1.60. The number of nitrogens with zero attached hydrogens (tertiary/aromatic N) is 2. The van der Waals surface area contributed by atoms with E-state index in [9.17, 15) is 24.5 Å². The van der Waals surface area contributed by atoms with Gasteiger partial charge in [-0.2, -0.15) is 0 Å². The monoisotopic (exact) mass is 289 g/mol. The fraction of sp³-hybridized carbons (Fsp3) is 0.154. The lowest BCUT2D eigenvalue weighted by molar-refractivity contribution is -0.386. The van der Waals surface area contributed by atoms with Crippen LogP contribution in [0.3, 0.4) is 0 Å². The maximum Gasteiger partial charge on any atom is 0.350 e. The van der Waals surface area contributed by atoms with E-state index >= 15 is 0 Å². The molecule has 0 amide bonds. The maximum atomic E-state index is 12.1. The summed E-state index contributed by atoms with van der Waals surface area (Å²) < 4.78 is 0.814. The Kier molecular flexibility index (Phi) is 3.79. The Morgan fingerprint density at radius 3 is 2.62 bits per heavy atom. The smallest absolute Gasteiger partial charge is 0.292 e. The minimum absolute atomic E-state index is 0.378. The predicted octanol–water partition coefficient (Wildman–Crippen LogP) is 0.636. The molecule has 1 aromatic heterocycles. The second-order valence-electron chi connectivity index (χ2n) is 4.40. The van der Waals surface area contributed by atoms with Crippen LogP contribution in [-0.2, 0) is 6.54 Å². The standard InChI is InChI=1S/C13H11N3O5/c1-8-4-2-3-5-9(8)11(17)7-15-6-10(16(20)21)12(18)14-13(15)19/h2-6H,7H2,1H3,(H,14,18,19). The molecule has 8 nitrogen and oxygen atoms in total. The quantitative estimate of drug-likeness (QED) is 0.503. The normalized spacial score (nSPS) is 10.3. The van der Waals surface area contributed by atoms with E-state index < -0.39 is 21.9 Å². The van der Waals surface area contributed by atoms with Gasteiger partial charge in [0.1, 0.15) is 0 Å². The molecular formula is C13H11N3O5. The number of hydrogen-bond donors (Lipinski definition) is 1. The highest BCUT2D eigenvalue weighted by molar-refractivity contribution is 5.97. The Hall–Kier alpha value is -3.03. The molecule has 1 heterocycles. The van der Waals surface area contributed by atoms with Gasteiger partial charge in [0, 0.05) is 5.56 Å². The van der Waals surface area contributed by atoms with Crippen molar-refractivity contribution < 1.29 is 9.72 Å². The van der Waals surface area contributed by atoms with Crippen LogP contribution in [0.1, 0.15) is 15.9 Å². The summed E-state index contributed by atoms with van der Waals surface area (Å²) in [6.07, 6.45) is 0.775. The molecule has 0 spiro atoms. The van der Waals surface area contributed by atoms with Crippen LogP contribution in [0.4, 0.5) is 5.69 Å². The molecule has 108 valence electrons. The molecule has 0 unspecified atom stereocenters. The summed E-state index contributed by atoms with van der Waals surface area (Å²) in [6, 6.07) is 6.79. The molecule has 0 atom stereocenters. The fourth-order valence-electron chi connectivity index (χ4n) is 1.87. The van der Waals surface area contributed by atoms with Crippen molar-refractivity contribution >= 4 is 11.5 Å². The first-order valence-corrected chi connectivity index (χ1v) is 5.97. The van der Waals surface area contributed by atoms with E-state index in [-0.39, 0.29) is 12.3 Å². The third-order valence-electron chi connectivity index (χ3n) is 2.95. The number of Topliss-reactive ketones (excluding diaryl/α,β-unsaturated/α-hetero) is 1. The van der Waals surface area contributed by atoms with Crippen LogP contribution in [0.2, 0.25) is 0 Å². The molecule has 0 aliphatic rings. The van der Waals surface area contributed by atoms with E-state index in [4.69, 9.17) is 0 Å². The highest BCUT2D eigenvalue weighted by atomic mass is 16.6. The molecule has 1 aromatic carbocycles. The van der Waals surface area contributed by atoms with E-state index in [0.717, 1.165) is 16.3 Å². The van der Waals surface area contributed by atoms with Gasteiger partial charge < -0.3 is 0 Å². The first-order chi connectivity index (χ1) is 9.90. The summed E-state index contributed by atoms with van der Waals surface area (Å²) in [6.45, 7) is 1.35. The third-order valence-corrected chi connectivity index (χ3v) is 2.95. The second kappa shape index (κ2) is 5.53. The zero-order chi connectivity index (χ0) is 15.6. The maximum absolute atomic E-state index is 12.1. The van der Waals surface area contributed by atoms with E-state index in [0.29, 0.717) is 5.56 Å². The van der Waals surface area contributed by atoms with Gasteiger partial charge in [-0.05, 0) is 12.5 Å².